The van der Waals surface area contributed by atoms with Crippen LogP contribution in [-0.2, 0) is 9.84 Å². The lowest BCUT2D eigenvalue weighted by molar-refractivity contribution is 0.578. The summed E-state index contributed by atoms with van der Waals surface area (Å²) in [5, 5.41) is 3.48. The van der Waals surface area contributed by atoms with Crippen molar-refractivity contribution in [2.75, 3.05) is 12.8 Å². The summed E-state index contributed by atoms with van der Waals surface area (Å²) in [7, 11) is -1.60. The van der Waals surface area contributed by atoms with Crippen LogP contribution < -0.4 is 5.32 Å². The molecule has 6 heteroatoms. The van der Waals surface area contributed by atoms with E-state index in [9.17, 15) is 8.42 Å². The molecule has 0 aliphatic carbocycles. The van der Waals surface area contributed by atoms with Gasteiger partial charge in [-0.25, -0.2) is 8.42 Å². The fraction of sp³-hybridized carbons (Fsp3) is 0.400. The van der Waals surface area contributed by atoms with Gasteiger partial charge in [-0.1, -0.05) is 23.2 Å². The quantitative estimate of drug-likeness (QED) is 0.922. The number of hydrogen-bond acceptors (Lipinski definition) is 3. The van der Waals surface area contributed by atoms with Crippen molar-refractivity contribution in [2.24, 2.45) is 0 Å². The highest BCUT2D eigenvalue weighted by molar-refractivity contribution is 7.91. The normalized spacial score (nSPS) is 13.8. The molecule has 0 saturated heterocycles. The van der Waals surface area contributed by atoms with E-state index in [-0.39, 0.29) is 21.7 Å². The van der Waals surface area contributed by atoms with Crippen molar-refractivity contribution in [1.29, 1.82) is 0 Å². The molecular formula is C10H13Cl2NO2S. The van der Waals surface area contributed by atoms with Crippen LogP contribution in [0.4, 0.5) is 0 Å². The maximum Gasteiger partial charge on any atom is 0.179 e. The second-order valence-electron chi connectivity index (χ2n) is 3.55. The average molecular weight is 282 g/mol. The van der Waals surface area contributed by atoms with E-state index in [2.05, 4.69) is 5.32 Å². The summed E-state index contributed by atoms with van der Waals surface area (Å²) >= 11 is 11.5. The van der Waals surface area contributed by atoms with Gasteiger partial charge in [0, 0.05) is 6.04 Å². The van der Waals surface area contributed by atoms with Crippen molar-refractivity contribution < 1.29 is 8.42 Å². The Bertz CT molecular complexity index is 474. The molecule has 1 unspecified atom stereocenters. The summed E-state index contributed by atoms with van der Waals surface area (Å²) < 4.78 is 23.8. The highest BCUT2D eigenvalue weighted by Gasteiger charge is 2.18. The molecule has 1 N–H and O–H groups in total. The molecule has 3 nitrogen and oxygen atoms in total. The first-order valence-electron chi connectivity index (χ1n) is 4.72. The van der Waals surface area contributed by atoms with Gasteiger partial charge in [0.15, 0.2) is 9.84 Å². The first kappa shape index (κ1) is 13.8. The number of benzene rings is 1. The standard InChI is InChI=1S/C10H13Cl2NO2S/c1-7(13-2)6-16(14,15)8-3-4-9(11)10(12)5-8/h3-5,7,13H,6H2,1-2H3. The summed E-state index contributed by atoms with van der Waals surface area (Å²) in [5.41, 5.74) is 0. The first-order valence-corrected chi connectivity index (χ1v) is 7.12. The molecule has 0 spiro atoms. The zero-order valence-electron chi connectivity index (χ0n) is 9.00. The molecule has 90 valence electrons. The third kappa shape index (κ3) is 3.35. The van der Waals surface area contributed by atoms with Crippen LogP contribution in [0.3, 0.4) is 0 Å². The zero-order chi connectivity index (χ0) is 12.3. The van der Waals surface area contributed by atoms with Crippen LogP contribution in [-0.4, -0.2) is 27.3 Å². The van der Waals surface area contributed by atoms with Gasteiger partial charge < -0.3 is 5.32 Å². The van der Waals surface area contributed by atoms with Gasteiger partial charge in [0.05, 0.1) is 20.7 Å². The van der Waals surface area contributed by atoms with E-state index in [4.69, 9.17) is 23.2 Å². The number of hydrogen-bond donors (Lipinski definition) is 1. The average Bonchev–Trinajstić information content (AvgIpc) is 2.21. The predicted molar refractivity (Wildman–Crippen MR) is 67.0 cm³/mol. The van der Waals surface area contributed by atoms with E-state index in [1.54, 1.807) is 14.0 Å². The smallest absolute Gasteiger partial charge is 0.179 e. The molecule has 1 atom stereocenters. The lowest BCUT2D eigenvalue weighted by Gasteiger charge is -2.11. The highest BCUT2D eigenvalue weighted by atomic mass is 35.5. The van der Waals surface area contributed by atoms with Crippen LogP contribution in [0, 0.1) is 0 Å². The molecule has 0 aromatic heterocycles. The minimum absolute atomic E-state index is 0.0292. The van der Waals surface area contributed by atoms with Crippen LogP contribution in [0.15, 0.2) is 23.1 Å². The second-order valence-corrected chi connectivity index (χ2v) is 6.40. The molecule has 1 aromatic rings. The molecular weight excluding hydrogens is 269 g/mol. The van der Waals surface area contributed by atoms with E-state index in [0.717, 1.165) is 0 Å². The Morgan fingerprint density at radius 2 is 1.94 bits per heavy atom. The maximum absolute atomic E-state index is 11.9. The molecule has 0 fully saturated rings. The zero-order valence-corrected chi connectivity index (χ0v) is 11.3. The van der Waals surface area contributed by atoms with Crippen molar-refractivity contribution in [3.63, 3.8) is 0 Å². The number of rotatable bonds is 4. The van der Waals surface area contributed by atoms with Gasteiger partial charge in [0.1, 0.15) is 0 Å². The maximum atomic E-state index is 11.9. The van der Waals surface area contributed by atoms with E-state index in [0.29, 0.717) is 5.02 Å². The Morgan fingerprint density at radius 1 is 1.31 bits per heavy atom. The van der Waals surface area contributed by atoms with Crippen LogP contribution in [0.2, 0.25) is 10.0 Å². The summed E-state index contributed by atoms with van der Waals surface area (Å²) in [5.74, 6) is 0.0292. The number of halogens is 2. The van der Waals surface area contributed by atoms with E-state index < -0.39 is 9.84 Å². The molecule has 0 aliphatic heterocycles. The first-order chi connectivity index (χ1) is 7.36. The highest BCUT2D eigenvalue weighted by Crippen LogP contribution is 2.25. The van der Waals surface area contributed by atoms with Crippen LogP contribution in [0.25, 0.3) is 0 Å². The van der Waals surface area contributed by atoms with Gasteiger partial charge in [-0.3, -0.25) is 0 Å². The Morgan fingerprint density at radius 3 is 2.44 bits per heavy atom. The van der Waals surface area contributed by atoms with Crippen LogP contribution in [0.5, 0.6) is 0 Å². The minimum Gasteiger partial charge on any atom is -0.316 e. The summed E-state index contributed by atoms with van der Waals surface area (Å²) in [6.07, 6.45) is 0. The Kier molecular flexibility index (Phi) is 4.62. The third-order valence-corrected chi connectivity index (χ3v) is 4.86. The molecule has 0 amide bonds. The van der Waals surface area contributed by atoms with Gasteiger partial charge in [0.2, 0.25) is 0 Å². The Balaban J connectivity index is 3.03. The van der Waals surface area contributed by atoms with Crippen molar-refractivity contribution in [3.8, 4) is 0 Å². The van der Waals surface area contributed by atoms with Gasteiger partial charge >= 0.3 is 0 Å². The Hall–Kier alpha value is -0.290. The van der Waals surface area contributed by atoms with Crippen LogP contribution in [0.1, 0.15) is 6.92 Å². The van der Waals surface area contributed by atoms with Gasteiger partial charge in [-0.15, -0.1) is 0 Å². The SMILES string of the molecule is CNC(C)CS(=O)(=O)c1ccc(Cl)c(Cl)c1. The third-order valence-electron chi connectivity index (χ3n) is 2.21. The topological polar surface area (TPSA) is 46.2 Å². The molecule has 0 bridgehead atoms. The van der Waals surface area contributed by atoms with Crippen molar-refractivity contribution in [2.45, 2.75) is 17.9 Å². The lowest BCUT2D eigenvalue weighted by Crippen LogP contribution is -2.29. The fourth-order valence-electron chi connectivity index (χ4n) is 1.18. The molecule has 1 aromatic carbocycles. The van der Waals surface area contributed by atoms with Crippen LogP contribution >= 0.6 is 23.2 Å². The molecule has 16 heavy (non-hydrogen) atoms. The van der Waals surface area contributed by atoms with Gasteiger partial charge in [-0.2, -0.15) is 0 Å². The monoisotopic (exact) mass is 281 g/mol. The van der Waals surface area contributed by atoms with E-state index in [1.165, 1.54) is 18.2 Å². The lowest BCUT2D eigenvalue weighted by atomic mass is 10.4. The molecule has 0 aliphatic rings. The van der Waals surface area contributed by atoms with Crippen molar-refractivity contribution in [1.82, 2.24) is 5.32 Å². The largest absolute Gasteiger partial charge is 0.316 e. The molecule has 1 rings (SSSR count). The minimum atomic E-state index is -3.32. The molecule has 0 saturated carbocycles. The van der Waals surface area contributed by atoms with E-state index >= 15 is 0 Å². The summed E-state index contributed by atoms with van der Waals surface area (Å²) in [6.45, 7) is 1.80. The Labute approximate surface area is 106 Å². The number of nitrogens with one attached hydrogen (secondary N) is 1. The molecule has 0 radical (unpaired) electrons. The van der Waals surface area contributed by atoms with Crippen molar-refractivity contribution in [3.05, 3.63) is 28.2 Å². The van der Waals surface area contributed by atoms with Gasteiger partial charge in [-0.05, 0) is 32.2 Å². The van der Waals surface area contributed by atoms with Crippen molar-refractivity contribution >= 4 is 33.0 Å². The summed E-state index contributed by atoms with van der Waals surface area (Å²) in [6, 6.07) is 4.22. The fourth-order valence-corrected chi connectivity index (χ4v) is 3.13. The molecule has 0 heterocycles. The predicted octanol–water partition coefficient (Wildman–Crippen LogP) is 2.38. The summed E-state index contributed by atoms with van der Waals surface area (Å²) in [4.78, 5) is 0.198. The van der Waals surface area contributed by atoms with Gasteiger partial charge in [0.25, 0.3) is 0 Å². The van der Waals surface area contributed by atoms with E-state index in [1.807, 2.05) is 0 Å². The second kappa shape index (κ2) is 5.36. The number of sulfone groups is 1.